The summed E-state index contributed by atoms with van der Waals surface area (Å²) < 4.78 is 8.38. The van der Waals surface area contributed by atoms with E-state index in [1.54, 1.807) is 12.1 Å². The first-order valence-corrected chi connectivity index (χ1v) is 8.46. The van der Waals surface area contributed by atoms with Crippen molar-refractivity contribution in [1.29, 1.82) is 0 Å². The number of likely N-dealkylation sites (N-methyl/N-ethyl adjacent to an activating group) is 1. The second-order valence-corrected chi connectivity index (χ2v) is 6.83. The number of aliphatic hydroxyl groups is 1. The van der Waals surface area contributed by atoms with E-state index in [-0.39, 0.29) is 18.2 Å². The number of furan rings is 1. The first-order chi connectivity index (χ1) is 11.3. The average Bonchev–Trinajstić information content (AvgIpc) is 3.06. The van der Waals surface area contributed by atoms with Gasteiger partial charge in [-0.15, -0.1) is 0 Å². The van der Waals surface area contributed by atoms with Crippen molar-refractivity contribution in [3.05, 3.63) is 39.5 Å². The highest BCUT2D eigenvalue weighted by atomic mass is 79.9. The third-order valence-corrected chi connectivity index (χ3v) is 4.71. The Kier molecular flexibility index (Phi) is 6.20. The number of carbonyl (C=O) groups excluding carboxylic acids is 1. The van der Waals surface area contributed by atoms with Gasteiger partial charge in [-0.05, 0) is 56.0 Å². The monoisotopic (exact) mass is 398 g/mol. The van der Waals surface area contributed by atoms with Crippen LogP contribution in [0.3, 0.4) is 0 Å². The number of nitrogens with zero attached hydrogens (tertiary/aromatic N) is 3. The fraction of sp³-hybridized carbons (Fsp3) is 0.500. The molecule has 132 valence electrons. The number of hydrogen-bond acceptors (Lipinski definition) is 5. The van der Waals surface area contributed by atoms with Gasteiger partial charge >= 0.3 is 0 Å². The van der Waals surface area contributed by atoms with Gasteiger partial charge in [0, 0.05) is 13.1 Å². The Labute approximate surface area is 149 Å². The SMILES string of the molecule is Cc1nn(Cc2ccc(C(=O)NCC(O)CN(C)C)o2)c(C)c1Br. The minimum Gasteiger partial charge on any atom is -0.454 e. The lowest BCUT2D eigenvalue weighted by atomic mass is 10.3. The highest BCUT2D eigenvalue weighted by Crippen LogP contribution is 2.21. The van der Waals surface area contributed by atoms with Crippen molar-refractivity contribution in [2.45, 2.75) is 26.5 Å². The van der Waals surface area contributed by atoms with Gasteiger partial charge in [-0.1, -0.05) is 0 Å². The summed E-state index contributed by atoms with van der Waals surface area (Å²) >= 11 is 3.49. The van der Waals surface area contributed by atoms with Crippen LogP contribution >= 0.6 is 15.9 Å². The van der Waals surface area contributed by atoms with E-state index in [2.05, 4.69) is 26.3 Å². The van der Waals surface area contributed by atoms with Crippen molar-refractivity contribution < 1.29 is 14.3 Å². The summed E-state index contributed by atoms with van der Waals surface area (Å²) in [5.74, 6) is 0.531. The molecule has 2 N–H and O–H groups in total. The Morgan fingerprint density at radius 3 is 2.75 bits per heavy atom. The molecule has 0 radical (unpaired) electrons. The standard InChI is InChI=1S/C16H23BrN4O3/c1-10-15(17)11(2)21(19-10)9-13-5-6-14(24-13)16(23)18-7-12(22)8-20(3)4/h5-6,12,22H,7-9H2,1-4H3,(H,18,23). The zero-order valence-electron chi connectivity index (χ0n) is 14.3. The number of halogens is 1. The second-order valence-electron chi connectivity index (χ2n) is 6.03. The molecule has 0 aliphatic rings. The molecular formula is C16H23BrN4O3. The van der Waals surface area contributed by atoms with Crippen LogP contribution in [-0.2, 0) is 6.54 Å². The molecule has 2 heterocycles. The van der Waals surface area contributed by atoms with E-state index < -0.39 is 6.10 Å². The van der Waals surface area contributed by atoms with Crippen LogP contribution in [0.25, 0.3) is 0 Å². The number of aryl methyl sites for hydroxylation is 1. The van der Waals surface area contributed by atoms with E-state index >= 15 is 0 Å². The summed E-state index contributed by atoms with van der Waals surface area (Å²) in [4.78, 5) is 13.9. The molecule has 7 nitrogen and oxygen atoms in total. The highest BCUT2D eigenvalue weighted by Gasteiger charge is 2.15. The van der Waals surface area contributed by atoms with Gasteiger partial charge < -0.3 is 19.7 Å². The van der Waals surface area contributed by atoms with Crippen LogP contribution in [0, 0.1) is 13.8 Å². The summed E-state index contributed by atoms with van der Waals surface area (Å²) in [6.45, 7) is 5.00. The van der Waals surface area contributed by atoms with E-state index in [0.29, 0.717) is 18.8 Å². The van der Waals surface area contributed by atoms with Crippen molar-refractivity contribution in [2.75, 3.05) is 27.2 Å². The van der Waals surface area contributed by atoms with Crippen LogP contribution in [0.2, 0.25) is 0 Å². The van der Waals surface area contributed by atoms with Crippen LogP contribution in [0.4, 0.5) is 0 Å². The number of nitrogens with one attached hydrogen (secondary N) is 1. The van der Waals surface area contributed by atoms with Gasteiger partial charge in [-0.2, -0.15) is 5.10 Å². The Hall–Kier alpha value is -1.64. The fourth-order valence-electron chi connectivity index (χ4n) is 2.35. The fourth-order valence-corrected chi connectivity index (χ4v) is 2.63. The van der Waals surface area contributed by atoms with Gasteiger partial charge in [0.05, 0.1) is 28.5 Å². The minimum absolute atomic E-state index is 0.178. The molecule has 1 atom stereocenters. The third kappa shape index (κ3) is 4.68. The van der Waals surface area contributed by atoms with Crippen LogP contribution in [0.5, 0.6) is 0 Å². The largest absolute Gasteiger partial charge is 0.454 e. The molecule has 0 saturated heterocycles. The average molecular weight is 399 g/mol. The van der Waals surface area contributed by atoms with E-state index in [1.165, 1.54) is 0 Å². The van der Waals surface area contributed by atoms with Gasteiger partial charge in [0.2, 0.25) is 0 Å². The first kappa shape index (κ1) is 18.7. The molecule has 8 heteroatoms. The number of aromatic nitrogens is 2. The summed E-state index contributed by atoms with van der Waals surface area (Å²) in [5.41, 5.74) is 1.91. The zero-order chi connectivity index (χ0) is 17.9. The lowest BCUT2D eigenvalue weighted by Crippen LogP contribution is -2.37. The molecule has 0 spiro atoms. The molecule has 0 bridgehead atoms. The Balaban J connectivity index is 1.95. The molecule has 0 aliphatic carbocycles. The topological polar surface area (TPSA) is 83.5 Å². The normalized spacial score (nSPS) is 12.6. The quantitative estimate of drug-likeness (QED) is 0.739. The van der Waals surface area contributed by atoms with Crippen LogP contribution in [0.15, 0.2) is 21.0 Å². The third-order valence-electron chi connectivity index (χ3n) is 3.56. The van der Waals surface area contributed by atoms with E-state index in [1.807, 2.05) is 37.5 Å². The predicted octanol–water partition coefficient (Wildman–Crippen LogP) is 1.56. The van der Waals surface area contributed by atoms with Gasteiger partial charge in [-0.3, -0.25) is 9.48 Å². The van der Waals surface area contributed by atoms with Crippen LogP contribution in [-0.4, -0.2) is 59.0 Å². The predicted molar refractivity (Wildman–Crippen MR) is 94.1 cm³/mol. The summed E-state index contributed by atoms with van der Waals surface area (Å²) in [6.07, 6.45) is -0.620. The second kappa shape index (κ2) is 7.96. The number of aliphatic hydroxyl groups excluding tert-OH is 1. The number of amides is 1. The highest BCUT2D eigenvalue weighted by molar-refractivity contribution is 9.10. The maximum Gasteiger partial charge on any atom is 0.287 e. The van der Waals surface area contributed by atoms with Crippen molar-refractivity contribution in [2.24, 2.45) is 0 Å². The zero-order valence-corrected chi connectivity index (χ0v) is 15.9. The first-order valence-electron chi connectivity index (χ1n) is 7.67. The van der Waals surface area contributed by atoms with Gasteiger partial charge in [0.1, 0.15) is 5.76 Å². The van der Waals surface area contributed by atoms with E-state index in [0.717, 1.165) is 15.9 Å². The Morgan fingerprint density at radius 1 is 1.46 bits per heavy atom. The lowest BCUT2D eigenvalue weighted by Gasteiger charge is -2.15. The van der Waals surface area contributed by atoms with Crippen molar-refractivity contribution in [1.82, 2.24) is 20.0 Å². The number of hydrogen-bond donors (Lipinski definition) is 2. The Bertz CT molecular complexity index is 708. The van der Waals surface area contributed by atoms with Crippen molar-refractivity contribution in [3.63, 3.8) is 0 Å². The van der Waals surface area contributed by atoms with Crippen molar-refractivity contribution >= 4 is 21.8 Å². The molecule has 1 amide bonds. The molecule has 1 unspecified atom stereocenters. The van der Waals surface area contributed by atoms with Crippen LogP contribution in [0.1, 0.15) is 27.7 Å². The Morgan fingerprint density at radius 2 is 2.17 bits per heavy atom. The van der Waals surface area contributed by atoms with Gasteiger partial charge in [0.15, 0.2) is 5.76 Å². The van der Waals surface area contributed by atoms with E-state index in [4.69, 9.17) is 4.42 Å². The van der Waals surface area contributed by atoms with E-state index in [9.17, 15) is 9.90 Å². The molecule has 0 aliphatic heterocycles. The molecule has 0 aromatic carbocycles. The molecule has 2 aromatic heterocycles. The molecule has 2 rings (SSSR count). The van der Waals surface area contributed by atoms with Gasteiger partial charge in [-0.25, -0.2) is 0 Å². The minimum atomic E-state index is -0.620. The number of rotatable bonds is 7. The maximum absolute atomic E-state index is 12.1. The summed E-state index contributed by atoms with van der Waals surface area (Å²) in [5, 5.41) is 16.9. The number of carbonyl (C=O) groups is 1. The summed E-state index contributed by atoms with van der Waals surface area (Å²) in [7, 11) is 3.72. The van der Waals surface area contributed by atoms with Crippen LogP contribution < -0.4 is 5.32 Å². The molecule has 0 saturated carbocycles. The molecule has 0 fully saturated rings. The molecular weight excluding hydrogens is 376 g/mol. The smallest absolute Gasteiger partial charge is 0.287 e. The summed E-state index contributed by atoms with van der Waals surface area (Å²) in [6, 6.07) is 3.39. The lowest BCUT2D eigenvalue weighted by molar-refractivity contribution is 0.0864. The molecule has 2 aromatic rings. The van der Waals surface area contributed by atoms with Crippen molar-refractivity contribution in [3.8, 4) is 0 Å². The maximum atomic E-state index is 12.1. The molecule has 24 heavy (non-hydrogen) atoms. The van der Waals surface area contributed by atoms with Gasteiger partial charge in [0.25, 0.3) is 5.91 Å².